The number of hydrogen-bond donors (Lipinski definition) is 2. The molecule has 2 aromatic heterocycles. The summed E-state index contributed by atoms with van der Waals surface area (Å²) in [6.07, 6.45) is 1.80. The molecule has 0 saturated carbocycles. The minimum atomic E-state index is -1.03. The molecule has 6 heteroatoms. The Hall–Kier alpha value is -1.95. The van der Waals surface area contributed by atoms with E-state index < -0.39 is 5.97 Å². The number of rotatable bonds is 4. The zero-order valence-corrected chi connectivity index (χ0v) is 9.99. The normalized spacial score (nSPS) is 10.2. The lowest BCUT2D eigenvalue weighted by atomic mass is 10.3. The third-order valence-corrected chi connectivity index (χ3v) is 2.99. The predicted octanol–water partition coefficient (Wildman–Crippen LogP) is 2.16. The number of carboxylic acids is 1. The first-order valence-corrected chi connectivity index (χ1v) is 5.82. The van der Waals surface area contributed by atoms with Crippen molar-refractivity contribution < 1.29 is 9.90 Å². The summed E-state index contributed by atoms with van der Waals surface area (Å²) in [5.74, 6) is -0.474. The van der Waals surface area contributed by atoms with Crippen LogP contribution < -0.4 is 5.32 Å². The number of pyridine rings is 1. The van der Waals surface area contributed by atoms with Crippen LogP contribution in [0.1, 0.15) is 20.4 Å². The lowest BCUT2D eigenvalue weighted by Crippen LogP contribution is -2.04. The average molecular weight is 249 g/mol. The number of aromatic carboxylic acids is 1. The molecule has 0 bridgehead atoms. The summed E-state index contributed by atoms with van der Waals surface area (Å²) in [6.45, 7) is 2.54. The van der Waals surface area contributed by atoms with Crippen LogP contribution in [0.15, 0.2) is 24.4 Å². The molecule has 0 unspecified atom stereocenters. The van der Waals surface area contributed by atoms with Gasteiger partial charge in [-0.2, -0.15) is 0 Å². The van der Waals surface area contributed by atoms with E-state index in [4.69, 9.17) is 5.11 Å². The van der Waals surface area contributed by atoms with Gasteiger partial charge in [-0.25, -0.2) is 14.8 Å². The van der Waals surface area contributed by atoms with Gasteiger partial charge in [0.25, 0.3) is 0 Å². The third kappa shape index (κ3) is 3.01. The Labute approximate surface area is 102 Å². The van der Waals surface area contributed by atoms with Crippen molar-refractivity contribution in [3.63, 3.8) is 0 Å². The van der Waals surface area contributed by atoms with Crippen LogP contribution in [0.5, 0.6) is 0 Å². The molecule has 2 aromatic rings. The first kappa shape index (κ1) is 11.5. The van der Waals surface area contributed by atoms with E-state index in [1.54, 1.807) is 29.7 Å². The van der Waals surface area contributed by atoms with Crippen molar-refractivity contribution in [2.45, 2.75) is 13.5 Å². The van der Waals surface area contributed by atoms with Gasteiger partial charge in [-0.3, -0.25) is 0 Å². The van der Waals surface area contributed by atoms with E-state index in [1.807, 2.05) is 6.92 Å². The number of aryl methyl sites for hydroxylation is 1. The summed E-state index contributed by atoms with van der Waals surface area (Å²) in [5, 5.41) is 12.9. The minimum Gasteiger partial charge on any atom is -0.477 e. The SMILES string of the molecule is Cc1ncc(CNc2cccc(C(=O)O)n2)s1. The Morgan fingerprint density at radius 2 is 2.35 bits per heavy atom. The van der Waals surface area contributed by atoms with Crippen molar-refractivity contribution in [3.05, 3.63) is 40.0 Å². The second kappa shape index (κ2) is 4.92. The Morgan fingerprint density at radius 3 is 3.00 bits per heavy atom. The standard InChI is InChI=1S/C11H11N3O2S/c1-7-12-5-8(17-7)6-13-10-4-2-3-9(14-10)11(15)16/h2-5H,6H2,1H3,(H,13,14)(H,15,16). The van der Waals surface area contributed by atoms with E-state index in [0.29, 0.717) is 12.4 Å². The maximum atomic E-state index is 10.7. The molecule has 5 nitrogen and oxygen atoms in total. The molecule has 0 aliphatic carbocycles. The fraction of sp³-hybridized carbons (Fsp3) is 0.182. The summed E-state index contributed by atoms with van der Waals surface area (Å²) in [7, 11) is 0. The van der Waals surface area contributed by atoms with Crippen LogP contribution >= 0.6 is 11.3 Å². The van der Waals surface area contributed by atoms with Crippen molar-refractivity contribution in [2.75, 3.05) is 5.32 Å². The number of aromatic nitrogens is 2. The van der Waals surface area contributed by atoms with E-state index >= 15 is 0 Å². The van der Waals surface area contributed by atoms with Crippen LogP contribution in [0.4, 0.5) is 5.82 Å². The summed E-state index contributed by atoms with van der Waals surface area (Å²) in [5.41, 5.74) is 0.0375. The lowest BCUT2D eigenvalue weighted by Gasteiger charge is -2.03. The van der Waals surface area contributed by atoms with E-state index in [-0.39, 0.29) is 5.69 Å². The van der Waals surface area contributed by atoms with Crippen LogP contribution in [0, 0.1) is 6.92 Å². The van der Waals surface area contributed by atoms with Gasteiger partial charge < -0.3 is 10.4 Å². The molecule has 0 amide bonds. The van der Waals surface area contributed by atoms with Crippen LogP contribution in [0.2, 0.25) is 0 Å². The Balaban J connectivity index is 2.04. The molecule has 0 fully saturated rings. The van der Waals surface area contributed by atoms with Gasteiger partial charge in [-0.05, 0) is 19.1 Å². The number of thiazole rings is 1. The molecule has 0 aliphatic heterocycles. The van der Waals surface area contributed by atoms with Gasteiger partial charge in [-0.1, -0.05) is 6.07 Å². The molecule has 0 aromatic carbocycles. The minimum absolute atomic E-state index is 0.0375. The number of carboxylic acid groups (broad SMARTS) is 1. The van der Waals surface area contributed by atoms with E-state index in [0.717, 1.165) is 9.88 Å². The van der Waals surface area contributed by atoms with Gasteiger partial charge in [0.15, 0.2) is 5.69 Å². The maximum Gasteiger partial charge on any atom is 0.354 e. The second-order valence-corrected chi connectivity index (χ2v) is 4.73. The monoisotopic (exact) mass is 249 g/mol. The molecule has 0 saturated heterocycles. The summed E-state index contributed by atoms with van der Waals surface area (Å²) in [4.78, 5) is 19.9. The Morgan fingerprint density at radius 1 is 1.53 bits per heavy atom. The molecule has 2 N–H and O–H groups in total. The van der Waals surface area contributed by atoms with Gasteiger partial charge >= 0.3 is 5.97 Å². The quantitative estimate of drug-likeness (QED) is 0.868. The fourth-order valence-corrected chi connectivity index (χ4v) is 2.05. The molecule has 0 atom stereocenters. The third-order valence-electron chi connectivity index (χ3n) is 2.08. The molecule has 17 heavy (non-hydrogen) atoms. The molecule has 0 radical (unpaired) electrons. The zero-order chi connectivity index (χ0) is 12.3. The molecule has 0 spiro atoms. The van der Waals surface area contributed by atoms with Crippen molar-refractivity contribution in [3.8, 4) is 0 Å². The first-order chi connectivity index (χ1) is 8.15. The number of carbonyl (C=O) groups is 1. The van der Waals surface area contributed by atoms with Gasteiger partial charge in [0.2, 0.25) is 0 Å². The van der Waals surface area contributed by atoms with Crippen LogP contribution in [0.3, 0.4) is 0 Å². The maximum absolute atomic E-state index is 10.7. The summed E-state index contributed by atoms with van der Waals surface area (Å²) < 4.78 is 0. The Bertz CT molecular complexity index is 539. The molecule has 2 heterocycles. The highest BCUT2D eigenvalue weighted by atomic mass is 32.1. The molecular formula is C11H11N3O2S. The van der Waals surface area contributed by atoms with Crippen molar-refractivity contribution in [1.29, 1.82) is 0 Å². The van der Waals surface area contributed by atoms with E-state index in [9.17, 15) is 4.79 Å². The summed E-state index contributed by atoms with van der Waals surface area (Å²) in [6, 6.07) is 4.86. The lowest BCUT2D eigenvalue weighted by molar-refractivity contribution is 0.0690. The highest BCUT2D eigenvalue weighted by molar-refractivity contribution is 7.11. The molecule has 0 aliphatic rings. The van der Waals surface area contributed by atoms with Crippen molar-refractivity contribution in [1.82, 2.24) is 9.97 Å². The molecule has 2 rings (SSSR count). The van der Waals surface area contributed by atoms with Gasteiger partial charge in [0, 0.05) is 11.1 Å². The number of nitrogens with one attached hydrogen (secondary N) is 1. The number of anilines is 1. The highest BCUT2D eigenvalue weighted by Gasteiger charge is 2.05. The van der Waals surface area contributed by atoms with Crippen molar-refractivity contribution >= 4 is 23.1 Å². The predicted molar refractivity (Wildman–Crippen MR) is 65.4 cm³/mol. The van der Waals surface area contributed by atoms with Crippen LogP contribution in [-0.2, 0) is 6.54 Å². The molecular weight excluding hydrogens is 238 g/mol. The smallest absolute Gasteiger partial charge is 0.354 e. The largest absolute Gasteiger partial charge is 0.477 e. The van der Waals surface area contributed by atoms with Crippen molar-refractivity contribution in [2.24, 2.45) is 0 Å². The second-order valence-electron chi connectivity index (χ2n) is 3.41. The topological polar surface area (TPSA) is 75.1 Å². The number of hydrogen-bond acceptors (Lipinski definition) is 5. The van der Waals surface area contributed by atoms with Crippen LogP contribution in [-0.4, -0.2) is 21.0 Å². The first-order valence-electron chi connectivity index (χ1n) is 5.00. The summed E-state index contributed by atoms with van der Waals surface area (Å²) >= 11 is 1.60. The van der Waals surface area contributed by atoms with Crippen LogP contribution in [0.25, 0.3) is 0 Å². The van der Waals surface area contributed by atoms with E-state index in [1.165, 1.54) is 6.07 Å². The average Bonchev–Trinajstić information content (AvgIpc) is 2.73. The van der Waals surface area contributed by atoms with Gasteiger partial charge in [-0.15, -0.1) is 11.3 Å². The molecule has 88 valence electrons. The zero-order valence-electron chi connectivity index (χ0n) is 9.17. The fourth-order valence-electron chi connectivity index (χ4n) is 1.32. The Kier molecular flexibility index (Phi) is 3.34. The van der Waals surface area contributed by atoms with Gasteiger partial charge in [0.05, 0.1) is 11.6 Å². The van der Waals surface area contributed by atoms with Gasteiger partial charge in [0.1, 0.15) is 5.82 Å². The highest BCUT2D eigenvalue weighted by Crippen LogP contribution is 2.13. The van der Waals surface area contributed by atoms with E-state index in [2.05, 4.69) is 15.3 Å². The number of nitrogens with zero attached hydrogens (tertiary/aromatic N) is 2.